The number of aromatic amines is 1. The zero-order valence-corrected chi connectivity index (χ0v) is 17.2. The molecule has 1 aromatic carbocycles. The summed E-state index contributed by atoms with van der Waals surface area (Å²) in [6.07, 6.45) is 6.65. The van der Waals surface area contributed by atoms with Crippen LogP contribution in [-0.2, 0) is 6.42 Å². The number of piperazine rings is 1. The second-order valence-corrected chi connectivity index (χ2v) is 7.32. The highest BCUT2D eigenvalue weighted by Crippen LogP contribution is 2.21. The Kier molecular flexibility index (Phi) is 5.93. The van der Waals surface area contributed by atoms with Gasteiger partial charge in [0.25, 0.3) is 0 Å². The molecule has 3 heterocycles. The van der Waals surface area contributed by atoms with Crippen LogP contribution < -0.4 is 10.2 Å². The van der Waals surface area contributed by atoms with Crippen molar-refractivity contribution >= 4 is 22.8 Å². The van der Waals surface area contributed by atoms with Crippen LogP contribution in [0.4, 0.5) is 5.95 Å². The molecule has 0 amide bonds. The fraction of sp³-hybridized carbons (Fsp3) is 0.409. The van der Waals surface area contributed by atoms with E-state index in [1.165, 1.54) is 22.0 Å². The van der Waals surface area contributed by atoms with Crippen molar-refractivity contribution in [1.82, 2.24) is 25.2 Å². The number of rotatable bonds is 5. The number of hydrogen-bond acceptors (Lipinski definition) is 4. The highest BCUT2D eigenvalue weighted by Gasteiger charge is 2.21. The fourth-order valence-corrected chi connectivity index (χ4v) is 3.85. The van der Waals surface area contributed by atoms with Gasteiger partial charge in [0.15, 0.2) is 5.96 Å². The van der Waals surface area contributed by atoms with Crippen LogP contribution in [0, 0.1) is 6.92 Å². The van der Waals surface area contributed by atoms with Crippen LogP contribution in [0.2, 0.25) is 0 Å². The molecule has 0 aliphatic carbocycles. The van der Waals surface area contributed by atoms with Gasteiger partial charge in [-0.1, -0.05) is 18.2 Å². The van der Waals surface area contributed by atoms with E-state index >= 15 is 0 Å². The SMILES string of the molecule is CCNC(=NCCc1c[nH]c2c(C)cccc12)N1CCN(c2ncccn2)CC1. The van der Waals surface area contributed by atoms with E-state index in [9.17, 15) is 0 Å². The number of aryl methyl sites for hydroxylation is 1. The standard InChI is InChI=1S/C22H29N7/c1-3-23-21(28-12-14-29(15-13-28)22-24-9-5-10-25-22)26-11-8-18-16-27-20-17(2)6-4-7-19(18)20/h4-7,9-10,16,27H,3,8,11-15H2,1-2H3,(H,23,26). The lowest BCUT2D eigenvalue weighted by atomic mass is 10.1. The summed E-state index contributed by atoms with van der Waals surface area (Å²) >= 11 is 0. The maximum atomic E-state index is 4.91. The number of H-pyrrole nitrogens is 1. The third-order valence-electron chi connectivity index (χ3n) is 5.40. The smallest absolute Gasteiger partial charge is 0.225 e. The van der Waals surface area contributed by atoms with Crippen molar-refractivity contribution in [2.24, 2.45) is 4.99 Å². The zero-order chi connectivity index (χ0) is 20.1. The van der Waals surface area contributed by atoms with E-state index in [0.717, 1.165) is 57.6 Å². The Morgan fingerprint density at radius 3 is 2.69 bits per heavy atom. The normalized spacial score (nSPS) is 15.2. The van der Waals surface area contributed by atoms with E-state index in [0.29, 0.717) is 0 Å². The fourth-order valence-electron chi connectivity index (χ4n) is 3.85. The van der Waals surface area contributed by atoms with Crippen molar-refractivity contribution in [1.29, 1.82) is 0 Å². The lowest BCUT2D eigenvalue weighted by Crippen LogP contribution is -2.53. The molecule has 3 aromatic rings. The first-order valence-electron chi connectivity index (χ1n) is 10.4. The van der Waals surface area contributed by atoms with E-state index in [1.54, 1.807) is 12.4 Å². The molecule has 0 bridgehead atoms. The molecule has 7 heteroatoms. The van der Waals surface area contributed by atoms with Crippen molar-refractivity contribution in [3.63, 3.8) is 0 Å². The highest BCUT2D eigenvalue weighted by atomic mass is 15.4. The van der Waals surface area contributed by atoms with Crippen molar-refractivity contribution in [2.45, 2.75) is 20.3 Å². The van der Waals surface area contributed by atoms with Crippen LogP contribution in [-0.4, -0.2) is 65.1 Å². The molecular weight excluding hydrogens is 362 g/mol. The van der Waals surface area contributed by atoms with Crippen molar-refractivity contribution < 1.29 is 0 Å². The molecule has 0 radical (unpaired) electrons. The van der Waals surface area contributed by atoms with Crippen LogP contribution in [0.3, 0.4) is 0 Å². The minimum atomic E-state index is 0.769. The van der Waals surface area contributed by atoms with Crippen molar-refractivity contribution in [3.8, 4) is 0 Å². The van der Waals surface area contributed by atoms with Gasteiger partial charge in [-0.3, -0.25) is 4.99 Å². The van der Waals surface area contributed by atoms with Crippen molar-refractivity contribution in [3.05, 3.63) is 54.0 Å². The average molecular weight is 392 g/mol. The molecular formula is C22H29N7. The Morgan fingerprint density at radius 1 is 1.14 bits per heavy atom. The molecule has 152 valence electrons. The van der Waals surface area contributed by atoms with Gasteiger partial charge in [-0.25, -0.2) is 9.97 Å². The minimum absolute atomic E-state index is 0.769. The number of hydrogen-bond donors (Lipinski definition) is 2. The molecule has 2 aromatic heterocycles. The Bertz CT molecular complexity index is 956. The summed E-state index contributed by atoms with van der Waals surface area (Å²) in [5.74, 6) is 1.81. The molecule has 2 N–H and O–H groups in total. The first-order chi connectivity index (χ1) is 14.3. The van der Waals surface area contributed by atoms with Crippen LogP contribution in [0.25, 0.3) is 10.9 Å². The van der Waals surface area contributed by atoms with Crippen molar-refractivity contribution in [2.75, 3.05) is 44.2 Å². The summed E-state index contributed by atoms with van der Waals surface area (Å²) in [6.45, 7) is 9.52. The Morgan fingerprint density at radius 2 is 1.93 bits per heavy atom. The number of guanidine groups is 1. The molecule has 0 saturated carbocycles. The predicted molar refractivity (Wildman–Crippen MR) is 119 cm³/mol. The molecule has 7 nitrogen and oxygen atoms in total. The zero-order valence-electron chi connectivity index (χ0n) is 17.2. The summed E-state index contributed by atoms with van der Waals surface area (Å²) in [5.41, 5.74) is 3.85. The first-order valence-corrected chi connectivity index (χ1v) is 10.4. The number of nitrogens with one attached hydrogen (secondary N) is 2. The number of para-hydroxylation sites is 1. The summed E-state index contributed by atoms with van der Waals surface area (Å²) in [5, 5.41) is 4.76. The Labute approximate surface area is 171 Å². The molecule has 1 saturated heterocycles. The number of nitrogens with zero attached hydrogens (tertiary/aromatic N) is 5. The molecule has 0 atom stereocenters. The van der Waals surface area contributed by atoms with E-state index < -0.39 is 0 Å². The van der Waals surface area contributed by atoms with Gasteiger partial charge in [-0.15, -0.1) is 0 Å². The third-order valence-corrected chi connectivity index (χ3v) is 5.40. The molecule has 4 rings (SSSR count). The molecule has 0 unspecified atom stereocenters. The lowest BCUT2D eigenvalue weighted by molar-refractivity contribution is 0.370. The Hall–Kier alpha value is -3.09. The van der Waals surface area contributed by atoms with Gasteiger partial charge in [0.05, 0.1) is 0 Å². The second kappa shape index (κ2) is 8.94. The van der Waals surface area contributed by atoms with Gasteiger partial charge in [-0.05, 0) is 37.5 Å². The quantitative estimate of drug-likeness (QED) is 0.517. The van der Waals surface area contributed by atoms with E-state index in [-0.39, 0.29) is 0 Å². The number of aliphatic imine (C=N–C) groups is 1. The summed E-state index contributed by atoms with van der Waals surface area (Å²) in [7, 11) is 0. The van der Waals surface area contributed by atoms with Gasteiger partial charge < -0.3 is 20.1 Å². The molecule has 0 spiro atoms. The van der Waals surface area contributed by atoms with E-state index in [1.807, 2.05) is 6.07 Å². The van der Waals surface area contributed by atoms with Gasteiger partial charge in [0.1, 0.15) is 0 Å². The number of aromatic nitrogens is 3. The van der Waals surface area contributed by atoms with Gasteiger partial charge in [-0.2, -0.15) is 0 Å². The van der Waals surface area contributed by atoms with Crippen LogP contribution in [0.1, 0.15) is 18.1 Å². The molecule has 1 aliphatic heterocycles. The third kappa shape index (κ3) is 4.34. The summed E-state index contributed by atoms with van der Waals surface area (Å²) in [6, 6.07) is 8.31. The van der Waals surface area contributed by atoms with E-state index in [2.05, 4.69) is 68.3 Å². The second-order valence-electron chi connectivity index (χ2n) is 7.32. The summed E-state index contributed by atoms with van der Waals surface area (Å²) in [4.78, 5) is 21.6. The van der Waals surface area contributed by atoms with Gasteiger partial charge >= 0.3 is 0 Å². The maximum Gasteiger partial charge on any atom is 0.225 e. The van der Waals surface area contributed by atoms with Crippen LogP contribution in [0.15, 0.2) is 47.8 Å². The first kappa shape index (κ1) is 19.2. The maximum absolute atomic E-state index is 4.91. The molecule has 1 aliphatic rings. The van der Waals surface area contributed by atoms with Gasteiger partial charge in [0, 0.05) is 68.8 Å². The minimum Gasteiger partial charge on any atom is -0.361 e. The Balaban J connectivity index is 1.38. The monoisotopic (exact) mass is 391 g/mol. The molecule has 1 fully saturated rings. The number of anilines is 1. The highest BCUT2D eigenvalue weighted by molar-refractivity contribution is 5.86. The molecule has 29 heavy (non-hydrogen) atoms. The topological polar surface area (TPSA) is 72.4 Å². The average Bonchev–Trinajstić information content (AvgIpc) is 3.18. The van der Waals surface area contributed by atoms with E-state index in [4.69, 9.17) is 4.99 Å². The predicted octanol–water partition coefficient (Wildman–Crippen LogP) is 2.60. The lowest BCUT2D eigenvalue weighted by Gasteiger charge is -2.36. The van der Waals surface area contributed by atoms with Crippen LogP contribution >= 0.6 is 0 Å². The number of benzene rings is 1. The summed E-state index contributed by atoms with van der Waals surface area (Å²) < 4.78 is 0. The number of fused-ring (bicyclic) bond motifs is 1. The largest absolute Gasteiger partial charge is 0.361 e. The van der Waals surface area contributed by atoms with Crippen LogP contribution in [0.5, 0.6) is 0 Å². The van der Waals surface area contributed by atoms with Gasteiger partial charge in [0.2, 0.25) is 5.95 Å².